The zero-order chi connectivity index (χ0) is 20.1. The highest BCUT2D eigenvalue weighted by atomic mass is 35.5. The monoisotopic (exact) mass is 415 g/mol. The lowest BCUT2D eigenvalue weighted by Gasteiger charge is -2.25. The first kappa shape index (κ1) is 19.3. The van der Waals surface area contributed by atoms with E-state index < -0.39 is 0 Å². The van der Waals surface area contributed by atoms with Crippen molar-refractivity contribution in [3.05, 3.63) is 124 Å². The number of halogens is 2. The molecular weight excluding hydrogens is 397 g/mol. The Bertz CT molecular complexity index is 1040. The highest BCUT2D eigenvalue weighted by Gasteiger charge is 2.11. The van der Waals surface area contributed by atoms with Crippen LogP contribution in [0.15, 0.2) is 103 Å². The fourth-order valence-corrected chi connectivity index (χ4v) is 3.71. The lowest BCUT2D eigenvalue weighted by Crippen LogP contribution is -2.09. The van der Waals surface area contributed by atoms with Gasteiger partial charge in [-0.25, -0.2) is 0 Å². The van der Waals surface area contributed by atoms with Crippen LogP contribution in [0.1, 0.15) is 11.1 Å². The van der Waals surface area contributed by atoms with Crippen LogP contribution in [-0.2, 0) is 0 Å². The zero-order valence-electron chi connectivity index (χ0n) is 15.7. The van der Waals surface area contributed by atoms with Crippen molar-refractivity contribution in [3.63, 3.8) is 0 Å². The molecular formula is C26H19Cl2N. The average molecular weight is 416 g/mol. The van der Waals surface area contributed by atoms with E-state index in [0.717, 1.165) is 28.2 Å². The minimum atomic E-state index is 0.643. The maximum Gasteiger partial charge on any atom is 0.0493 e. The Balaban J connectivity index is 1.65. The van der Waals surface area contributed by atoms with Gasteiger partial charge in [0.15, 0.2) is 0 Å². The fourth-order valence-electron chi connectivity index (χ4n) is 3.19. The number of para-hydroxylation sites is 2. The third kappa shape index (κ3) is 4.54. The molecule has 3 heteroatoms. The largest absolute Gasteiger partial charge is 0.311 e. The third-order valence-corrected chi connectivity index (χ3v) is 5.28. The van der Waals surface area contributed by atoms with Crippen molar-refractivity contribution in [2.45, 2.75) is 0 Å². The van der Waals surface area contributed by atoms with E-state index in [1.165, 1.54) is 0 Å². The standard InChI is InChI=1S/C26H19Cl2N/c27-25-12-7-13-26(28)24(25)19-16-20-14-17-23(18-15-20)29(21-8-3-1-4-9-21)22-10-5-2-6-11-22/h1-19H/b19-16+. The quantitative estimate of drug-likeness (QED) is 0.294. The highest BCUT2D eigenvalue weighted by Crippen LogP contribution is 2.34. The van der Waals surface area contributed by atoms with Gasteiger partial charge in [-0.3, -0.25) is 0 Å². The molecule has 0 saturated heterocycles. The number of anilines is 3. The Morgan fingerprint density at radius 1 is 0.483 bits per heavy atom. The van der Waals surface area contributed by atoms with Crippen molar-refractivity contribution in [2.24, 2.45) is 0 Å². The van der Waals surface area contributed by atoms with Crippen LogP contribution in [0.4, 0.5) is 17.1 Å². The molecule has 1 nitrogen and oxygen atoms in total. The van der Waals surface area contributed by atoms with Crippen LogP contribution in [0.3, 0.4) is 0 Å². The van der Waals surface area contributed by atoms with Crippen molar-refractivity contribution in [3.8, 4) is 0 Å². The molecule has 0 N–H and O–H groups in total. The molecule has 4 aromatic carbocycles. The first-order chi connectivity index (χ1) is 14.2. The highest BCUT2D eigenvalue weighted by molar-refractivity contribution is 6.37. The molecule has 0 bridgehead atoms. The first-order valence-electron chi connectivity index (χ1n) is 9.35. The summed E-state index contributed by atoms with van der Waals surface area (Å²) < 4.78 is 0. The molecule has 4 aromatic rings. The van der Waals surface area contributed by atoms with E-state index in [1.807, 2.05) is 42.5 Å². The molecule has 0 spiro atoms. The van der Waals surface area contributed by atoms with Gasteiger partial charge in [0.2, 0.25) is 0 Å². The van der Waals surface area contributed by atoms with Crippen molar-refractivity contribution >= 4 is 52.4 Å². The maximum absolute atomic E-state index is 6.26. The molecule has 0 heterocycles. The van der Waals surface area contributed by atoms with E-state index in [4.69, 9.17) is 23.2 Å². The van der Waals surface area contributed by atoms with Crippen LogP contribution >= 0.6 is 23.2 Å². The molecule has 0 radical (unpaired) electrons. The van der Waals surface area contributed by atoms with Crippen LogP contribution in [-0.4, -0.2) is 0 Å². The second kappa shape index (κ2) is 9.00. The molecule has 4 rings (SSSR count). The van der Waals surface area contributed by atoms with Gasteiger partial charge >= 0.3 is 0 Å². The van der Waals surface area contributed by atoms with Crippen molar-refractivity contribution in [2.75, 3.05) is 4.90 Å². The summed E-state index contributed by atoms with van der Waals surface area (Å²) >= 11 is 12.5. The van der Waals surface area contributed by atoms with Crippen LogP contribution in [0.5, 0.6) is 0 Å². The zero-order valence-corrected chi connectivity index (χ0v) is 17.2. The fraction of sp³-hybridized carbons (Fsp3) is 0. The van der Waals surface area contributed by atoms with Gasteiger partial charge in [-0.1, -0.05) is 90.0 Å². The molecule has 0 saturated carbocycles. The van der Waals surface area contributed by atoms with Gasteiger partial charge in [-0.05, 0) is 54.1 Å². The topological polar surface area (TPSA) is 3.24 Å². The van der Waals surface area contributed by atoms with Crippen LogP contribution in [0.2, 0.25) is 10.0 Å². The Kier molecular flexibility index (Phi) is 6.00. The van der Waals surface area contributed by atoms with Gasteiger partial charge in [0.1, 0.15) is 0 Å². The molecule has 0 fully saturated rings. The molecule has 142 valence electrons. The number of hydrogen-bond donors (Lipinski definition) is 0. The summed E-state index contributed by atoms with van der Waals surface area (Å²) in [5, 5.41) is 1.29. The van der Waals surface area contributed by atoms with E-state index >= 15 is 0 Å². The predicted molar refractivity (Wildman–Crippen MR) is 127 cm³/mol. The molecule has 0 aromatic heterocycles. The Morgan fingerprint density at radius 3 is 1.48 bits per heavy atom. The Morgan fingerprint density at radius 2 is 0.966 bits per heavy atom. The Hall–Kier alpha value is -3.00. The van der Waals surface area contributed by atoms with Gasteiger partial charge in [0, 0.05) is 32.7 Å². The number of hydrogen-bond acceptors (Lipinski definition) is 1. The first-order valence-corrected chi connectivity index (χ1v) is 10.1. The lowest BCUT2D eigenvalue weighted by molar-refractivity contribution is 1.28. The molecule has 0 aliphatic heterocycles. The second-order valence-electron chi connectivity index (χ2n) is 6.57. The number of benzene rings is 4. The van der Waals surface area contributed by atoms with Gasteiger partial charge in [0.05, 0.1) is 0 Å². The van der Waals surface area contributed by atoms with Crippen LogP contribution in [0, 0.1) is 0 Å². The summed E-state index contributed by atoms with van der Waals surface area (Å²) in [5.41, 5.74) is 5.23. The van der Waals surface area contributed by atoms with Gasteiger partial charge < -0.3 is 4.90 Å². The second-order valence-corrected chi connectivity index (χ2v) is 7.38. The number of nitrogens with zero attached hydrogens (tertiary/aromatic N) is 1. The summed E-state index contributed by atoms with van der Waals surface area (Å²) in [4.78, 5) is 2.23. The smallest absolute Gasteiger partial charge is 0.0493 e. The predicted octanol–water partition coefficient (Wildman–Crippen LogP) is 8.63. The van der Waals surface area contributed by atoms with E-state index in [9.17, 15) is 0 Å². The van der Waals surface area contributed by atoms with Gasteiger partial charge in [-0.2, -0.15) is 0 Å². The summed E-state index contributed by atoms with van der Waals surface area (Å²) in [5.74, 6) is 0. The van der Waals surface area contributed by atoms with Crippen molar-refractivity contribution in [1.29, 1.82) is 0 Å². The summed E-state index contributed by atoms with van der Waals surface area (Å²) in [6.45, 7) is 0. The molecule has 0 aliphatic carbocycles. The molecule has 0 aliphatic rings. The summed E-state index contributed by atoms with van der Waals surface area (Å²) in [6.07, 6.45) is 3.97. The lowest BCUT2D eigenvalue weighted by atomic mass is 10.1. The average Bonchev–Trinajstić information content (AvgIpc) is 2.76. The summed E-state index contributed by atoms with van der Waals surface area (Å²) in [7, 11) is 0. The third-order valence-electron chi connectivity index (χ3n) is 4.62. The van der Waals surface area contributed by atoms with E-state index in [-0.39, 0.29) is 0 Å². The minimum absolute atomic E-state index is 0.643. The van der Waals surface area contributed by atoms with Crippen molar-refractivity contribution < 1.29 is 0 Å². The van der Waals surface area contributed by atoms with Gasteiger partial charge in [-0.15, -0.1) is 0 Å². The Labute approximate surface area is 181 Å². The summed E-state index contributed by atoms with van der Waals surface area (Å²) in [6, 6.07) is 34.7. The maximum atomic E-state index is 6.26. The van der Waals surface area contributed by atoms with E-state index in [2.05, 4.69) is 77.7 Å². The molecule has 0 unspecified atom stereocenters. The molecule has 0 amide bonds. The van der Waals surface area contributed by atoms with Crippen LogP contribution in [0.25, 0.3) is 12.2 Å². The molecule has 0 atom stereocenters. The van der Waals surface area contributed by atoms with Crippen molar-refractivity contribution in [1.82, 2.24) is 0 Å². The molecule has 29 heavy (non-hydrogen) atoms. The number of rotatable bonds is 5. The van der Waals surface area contributed by atoms with E-state index in [1.54, 1.807) is 0 Å². The van der Waals surface area contributed by atoms with Gasteiger partial charge in [0.25, 0.3) is 0 Å². The SMILES string of the molecule is Clc1cccc(Cl)c1/C=C/c1ccc(N(c2ccccc2)c2ccccc2)cc1. The van der Waals surface area contributed by atoms with Crippen LogP contribution < -0.4 is 4.90 Å². The normalized spacial score (nSPS) is 11.0. The van der Waals surface area contributed by atoms with E-state index in [0.29, 0.717) is 10.0 Å². The minimum Gasteiger partial charge on any atom is -0.311 e.